The van der Waals surface area contributed by atoms with Crippen LogP contribution in [-0.4, -0.2) is 16.1 Å². The van der Waals surface area contributed by atoms with Crippen LogP contribution < -0.4 is 4.74 Å². The standard InChI is InChI=1S/C12H6Br2FNO3/c13-6-3-8(12(17)18)11(16-5-6)19-7-1-2-10(15)9(14)4-7/h1-5H,(H,17,18). The molecule has 0 unspecified atom stereocenters. The fourth-order valence-electron chi connectivity index (χ4n) is 1.31. The van der Waals surface area contributed by atoms with E-state index in [9.17, 15) is 9.18 Å². The molecule has 2 aromatic rings. The third-order valence-corrected chi connectivity index (χ3v) is 3.20. The lowest BCUT2D eigenvalue weighted by Gasteiger charge is -2.08. The number of benzene rings is 1. The topological polar surface area (TPSA) is 59.4 Å². The minimum Gasteiger partial charge on any atom is -0.477 e. The summed E-state index contributed by atoms with van der Waals surface area (Å²) in [6.45, 7) is 0. The summed E-state index contributed by atoms with van der Waals surface area (Å²) in [7, 11) is 0. The molecule has 98 valence electrons. The van der Waals surface area contributed by atoms with Gasteiger partial charge in [0, 0.05) is 10.7 Å². The van der Waals surface area contributed by atoms with Crippen molar-refractivity contribution in [2.45, 2.75) is 0 Å². The van der Waals surface area contributed by atoms with E-state index >= 15 is 0 Å². The van der Waals surface area contributed by atoms with Gasteiger partial charge in [-0.05, 0) is 56.1 Å². The van der Waals surface area contributed by atoms with Gasteiger partial charge < -0.3 is 9.84 Å². The van der Waals surface area contributed by atoms with Gasteiger partial charge in [0.05, 0.1) is 4.47 Å². The van der Waals surface area contributed by atoms with Gasteiger partial charge in [-0.25, -0.2) is 14.2 Å². The van der Waals surface area contributed by atoms with Crippen molar-refractivity contribution in [3.63, 3.8) is 0 Å². The number of carbonyl (C=O) groups is 1. The van der Waals surface area contributed by atoms with Crippen LogP contribution in [0.3, 0.4) is 0 Å². The Balaban J connectivity index is 2.37. The molecule has 0 bridgehead atoms. The molecule has 0 spiro atoms. The molecule has 0 atom stereocenters. The molecule has 1 aromatic heterocycles. The van der Waals surface area contributed by atoms with E-state index in [0.29, 0.717) is 4.47 Å². The zero-order chi connectivity index (χ0) is 14.0. The number of pyridine rings is 1. The first-order chi connectivity index (χ1) is 8.97. The summed E-state index contributed by atoms with van der Waals surface area (Å²) in [5, 5.41) is 9.06. The first-order valence-electron chi connectivity index (χ1n) is 4.99. The van der Waals surface area contributed by atoms with Crippen molar-refractivity contribution in [2.24, 2.45) is 0 Å². The highest BCUT2D eigenvalue weighted by Gasteiger charge is 2.14. The van der Waals surface area contributed by atoms with Crippen molar-refractivity contribution >= 4 is 37.8 Å². The van der Waals surface area contributed by atoms with Crippen LogP contribution in [0, 0.1) is 5.82 Å². The van der Waals surface area contributed by atoms with Crippen molar-refractivity contribution in [3.05, 3.63) is 50.8 Å². The van der Waals surface area contributed by atoms with Crippen LogP contribution in [0.4, 0.5) is 4.39 Å². The molecular formula is C12H6Br2FNO3. The predicted molar refractivity (Wildman–Crippen MR) is 73.1 cm³/mol. The van der Waals surface area contributed by atoms with E-state index in [4.69, 9.17) is 9.84 Å². The van der Waals surface area contributed by atoms with Gasteiger partial charge in [0.2, 0.25) is 5.88 Å². The summed E-state index contributed by atoms with van der Waals surface area (Å²) < 4.78 is 19.2. The van der Waals surface area contributed by atoms with E-state index in [1.807, 2.05) is 0 Å². The normalized spacial score (nSPS) is 10.3. The summed E-state index contributed by atoms with van der Waals surface area (Å²) in [4.78, 5) is 15.0. The Morgan fingerprint density at radius 3 is 2.68 bits per heavy atom. The summed E-state index contributed by atoms with van der Waals surface area (Å²) in [5.74, 6) is -1.38. The van der Waals surface area contributed by atoms with E-state index in [2.05, 4.69) is 36.8 Å². The molecular weight excluding hydrogens is 385 g/mol. The maximum Gasteiger partial charge on any atom is 0.341 e. The van der Waals surface area contributed by atoms with Crippen molar-refractivity contribution in [1.82, 2.24) is 4.98 Å². The second-order valence-electron chi connectivity index (χ2n) is 3.49. The summed E-state index contributed by atoms with van der Waals surface area (Å²) in [6, 6.07) is 5.36. The van der Waals surface area contributed by atoms with Crippen molar-refractivity contribution < 1.29 is 19.0 Å². The molecule has 7 heteroatoms. The first-order valence-corrected chi connectivity index (χ1v) is 6.57. The number of aromatic carboxylic acids is 1. The second kappa shape index (κ2) is 5.66. The quantitative estimate of drug-likeness (QED) is 0.851. The van der Waals surface area contributed by atoms with Crippen LogP contribution in [0.15, 0.2) is 39.4 Å². The van der Waals surface area contributed by atoms with Gasteiger partial charge in [0.15, 0.2) is 0 Å². The number of carboxylic acids is 1. The van der Waals surface area contributed by atoms with Gasteiger partial charge in [0.25, 0.3) is 0 Å². The summed E-state index contributed by atoms with van der Waals surface area (Å²) >= 11 is 6.15. The number of rotatable bonds is 3. The molecule has 0 fully saturated rings. The van der Waals surface area contributed by atoms with E-state index < -0.39 is 11.8 Å². The van der Waals surface area contributed by atoms with Gasteiger partial charge in [-0.1, -0.05) is 0 Å². The van der Waals surface area contributed by atoms with E-state index in [1.54, 1.807) is 0 Å². The first kappa shape index (κ1) is 14.0. The number of aromatic nitrogens is 1. The van der Waals surface area contributed by atoms with Crippen LogP contribution in [0.25, 0.3) is 0 Å². The molecule has 0 saturated heterocycles. The highest BCUT2D eigenvalue weighted by atomic mass is 79.9. The number of hydrogen-bond donors (Lipinski definition) is 1. The van der Waals surface area contributed by atoms with Crippen molar-refractivity contribution in [1.29, 1.82) is 0 Å². The number of halogens is 3. The Morgan fingerprint density at radius 2 is 2.05 bits per heavy atom. The monoisotopic (exact) mass is 389 g/mol. The van der Waals surface area contributed by atoms with Crippen LogP contribution >= 0.6 is 31.9 Å². The number of ether oxygens (including phenoxy) is 1. The zero-order valence-corrected chi connectivity index (χ0v) is 12.4. The second-order valence-corrected chi connectivity index (χ2v) is 5.26. The third-order valence-electron chi connectivity index (χ3n) is 2.15. The Hall–Kier alpha value is -1.47. The van der Waals surface area contributed by atoms with Gasteiger partial charge in [-0.3, -0.25) is 0 Å². The van der Waals surface area contributed by atoms with Crippen LogP contribution in [0.5, 0.6) is 11.6 Å². The Kier molecular flexibility index (Phi) is 4.16. The summed E-state index contributed by atoms with van der Waals surface area (Å²) in [6.07, 6.45) is 1.42. The van der Waals surface area contributed by atoms with Crippen LogP contribution in [0.1, 0.15) is 10.4 Å². The number of nitrogens with zero attached hydrogens (tertiary/aromatic N) is 1. The van der Waals surface area contributed by atoms with Gasteiger partial charge in [-0.15, -0.1) is 0 Å². The van der Waals surface area contributed by atoms with Gasteiger partial charge in [0.1, 0.15) is 17.1 Å². The van der Waals surface area contributed by atoms with Gasteiger partial charge >= 0.3 is 5.97 Å². The SMILES string of the molecule is O=C(O)c1cc(Br)cnc1Oc1ccc(F)c(Br)c1. The molecule has 19 heavy (non-hydrogen) atoms. The van der Waals surface area contributed by atoms with Gasteiger partial charge in [-0.2, -0.15) is 0 Å². The molecule has 4 nitrogen and oxygen atoms in total. The third kappa shape index (κ3) is 3.30. The molecule has 0 saturated carbocycles. The predicted octanol–water partition coefficient (Wildman–Crippen LogP) is 4.24. The largest absolute Gasteiger partial charge is 0.477 e. The minimum absolute atomic E-state index is 0.0609. The highest BCUT2D eigenvalue weighted by molar-refractivity contribution is 9.10. The summed E-state index contributed by atoms with van der Waals surface area (Å²) in [5.41, 5.74) is -0.0881. The van der Waals surface area contributed by atoms with E-state index in [-0.39, 0.29) is 21.7 Å². The lowest BCUT2D eigenvalue weighted by atomic mass is 10.3. The number of hydrogen-bond acceptors (Lipinski definition) is 3. The molecule has 2 rings (SSSR count). The Morgan fingerprint density at radius 1 is 1.32 bits per heavy atom. The molecule has 1 N–H and O–H groups in total. The lowest BCUT2D eigenvalue weighted by molar-refractivity contribution is 0.0693. The Bertz CT molecular complexity index is 649. The van der Waals surface area contributed by atoms with E-state index in [0.717, 1.165) is 0 Å². The van der Waals surface area contributed by atoms with E-state index in [1.165, 1.54) is 30.5 Å². The number of carboxylic acid groups (broad SMARTS) is 1. The smallest absolute Gasteiger partial charge is 0.341 e. The molecule has 1 heterocycles. The maximum absolute atomic E-state index is 13.1. The molecule has 0 amide bonds. The maximum atomic E-state index is 13.1. The lowest BCUT2D eigenvalue weighted by Crippen LogP contribution is -2.02. The van der Waals surface area contributed by atoms with Crippen LogP contribution in [0.2, 0.25) is 0 Å². The van der Waals surface area contributed by atoms with Crippen molar-refractivity contribution in [3.8, 4) is 11.6 Å². The molecule has 0 aliphatic heterocycles. The minimum atomic E-state index is -1.16. The average molecular weight is 391 g/mol. The average Bonchev–Trinajstić information content (AvgIpc) is 2.36. The molecule has 0 aliphatic carbocycles. The Labute approximate surface area is 124 Å². The van der Waals surface area contributed by atoms with Crippen molar-refractivity contribution in [2.75, 3.05) is 0 Å². The highest BCUT2D eigenvalue weighted by Crippen LogP contribution is 2.28. The molecule has 0 aliphatic rings. The molecule has 1 aromatic carbocycles. The fourth-order valence-corrected chi connectivity index (χ4v) is 2.00. The zero-order valence-electron chi connectivity index (χ0n) is 9.23. The fraction of sp³-hybridized carbons (Fsp3) is 0. The molecule has 0 radical (unpaired) electrons. The van der Waals surface area contributed by atoms with Crippen LogP contribution in [-0.2, 0) is 0 Å².